The Hall–Kier alpha value is -3.02. The predicted octanol–water partition coefficient (Wildman–Crippen LogP) is 2.58. The Labute approximate surface area is 133 Å². The molecule has 0 aromatic heterocycles. The van der Waals surface area contributed by atoms with Gasteiger partial charge in [-0.3, -0.25) is 4.79 Å². The third-order valence-electron chi connectivity index (χ3n) is 3.45. The van der Waals surface area contributed by atoms with E-state index >= 15 is 0 Å². The van der Waals surface area contributed by atoms with Crippen LogP contribution >= 0.6 is 0 Å². The molecule has 0 saturated carbocycles. The molecule has 2 aromatic carbocycles. The standard InChI is InChI=1S/C17H16N2O4/c1-11(12-4-3-5-14(8-12)21-2)18-19-17(20)13-6-7-15-16(9-13)23-10-22-15/h3-9H,10H2,1-2H3,(H,19,20)/b18-11+. The van der Waals surface area contributed by atoms with Crippen LogP contribution in [0, 0.1) is 0 Å². The smallest absolute Gasteiger partial charge is 0.271 e. The van der Waals surface area contributed by atoms with Crippen molar-refractivity contribution in [2.45, 2.75) is 6.92 Å². The van der Waals surface area contributed by atoms with Gasteiger partial charge in [-0.25, -0.2) is 5.43 Å². The van der Waals surface area contributed by atoms with E-state index in [1.165, 1.54) is 0 Å². The normalized spacial score (nSPS) is 12.9. The molecule has 1 aliphatic rings. The van der Waals surface area contributed by atoms with Crippen molar-refractivity contribution in [2.24, 2.45) is 5.10 Å². The largest absolute Gasteiger partial charge is 0.497 e. The number of rotatable bonds is 4. The van der Waals surface area contributed by atoms with Gasteiger partial charge in [0.15, 0.2) is 11.5 Å². The van der Waals surface area contributed by atoms with Gasteiger partial charge in [-0.2, -0.15) is 5.10 Å². The van der Waals surface area contributed by atoms with Crippen molar-refractivity contribution in [1.82, 2.24) is 5.43 Å². The molecule has 1 heterocycles. The highest BCUT2D eigenvalue weighted by molar-refractivity contribution is 6.01. The van der Waals surface area contributed by atoms with Gasteiger partial charge in [0.05, 0.1) is 12.8 Å². The lowest BCUT2D eigenvalue weighted by molar-refractivity contribution is 0.0954. The lowest BCUT2D eigenvalue weighted by atomic mass is 10.1. The number of methoxy groups -OCH3 is 1. The van der Waals surface area contributed by atoms with Gasteiger partial charge in [-0.1, -0.05) is 12.1 Å². The summed E-state index contributed by atoms with van der Waals surface area (Å²) in [5.41, 5.74) is 4.54. The number of nitrogens with one attached hydrogen (secondary N) is 1. The first-order chi connectivity index (χ1) is 11.2. The topological polar surface area (TPSA) is 69.2 Å². The molecule has 0 bridgehead atoms. The zero-order chi connectivity index (χ0) is 16.2. The zero-order valence-corrected chi connectivity index (χ0v) is 12.8. The number of ether oxygens (including phenoxy) is 3. The molecule has 0 unspecified atom stereocenters. The Morgan fingerprint density at radius 2 is 1.96 bits per heavy atom. The number of carbonyl (C=O) groups is 1. The van der Waals surface area contributed by atoms with Gasteiger partial charge in [0.1, 0.15) is 5.75 Å². The summed E-state index contributed by atoms with van der Waals surface area (Å²) in [6.07, 6.45) is 0. The molecule has 0 fully saturated rings. The van der Waals surface area contributed by atoms with E-state index in [9.17, 15) is 4.79 Å². The van der Waals surface area contributed by atoms with Gasteiger partial charge in [0.2, 0.25) is 6.79 Å². The van der Waals surface area contributed by atoms with E-state index in [1.54, 1.807) is 25.3 Å². The number of hydrazone groups is 1. The maximum absolute atomic E-state index is 12.2. The van der Waals surface area contributed by atoms with Crippen LogP contribution in [0.15, 0.2) is 47.6 Å². The molecule has 3 rings (SSSR count). The molecular weight excluding hydrogens is 296 g/mol. The highest BCUT2D eigenvalue weighted by Gasteiger charge is 2.16. The maximum Gasteiger partial charge on any atom is 0.271 e. The summed E-state index contributed by atoms with van der Waals surface area (Å²) in [4.78, 5) is 12.2. The molecule has 0 aliphatic carbocycles. The van der Waals surface area contributed by atoms with Crippen LogP contribution in [0.2, 0.25) is 0 Å². The van der Waals surface area contributed by atoms with Crippen molar-refractivity contribution in [2.75, 3.05) is 13.9 Å². The van der Waals surface area contributed by atoms with Crippen LogP contribution in [-0.4, -0.2) is 25.5 Å². The molecule has 0 spiro atoms. The van der Waals surface area contributed by atoms with Crippen molar-refractivity contribution >= 4 is 11.6 Å². The summed E-state index contributed by atoms with van der Waals surface area (Å²) in [7, 11) is 1.60. The van der Waals surface area contributed by atoms with Crippen LogP contribution in [-0.2, 0) is 0 Å². The third-order valence-corrected chi connectivity index (χ3v) is 3.45. The average Bonchev–Trinajstić information content (AvgIpc) is 3.07. The van der Waals surface area contributed by atoms with E-state index in [1.807, 2.05) is 31.2 Å². The van der Waals surface area contributed by atoms with E-state index in [2.05, 4.69) is 10.5 Å². The van der Waals surface area contributed by atoms with Gasteiger partial charge in [0, 0.05) is 11.1 Å². The molecular formula is C17H16N2O4. The highest BCUT2D eigenvalue weighted by Crippen LogP contribution is 2.32. The first-order valence-electron chi connectivity index (χ1n) is 7.06. The van der Waals surface area contributed by atoms with E-state index in [0.717, 1.165) is 11.3 Å². The third kappa shape index (κ3) is 3.26. The fourth-order valence-electron chi connectivity index (χ4n) is 2.15. The highest BCUT2D eigenvalue weighted by atomic mass is 16.7. The predicted molar refractivity (Wildman–Crippen MR) is 85.2 cm³/mol. The second-order valence-electron chi connectivity index (χ2n) is 4.94. The molecule has 6 nitrogen and oxygen atoms in total. The molecule has 0 saturated heterocycles. The number of hydrogen-bond acceptors (Lipinski definition) is 5. The van der Waals surface area contributed by atoms with Crippen molar-refractivity contribution in [3.8, 4) is 17.2 Å². The van der Waals surface area contributed by atoms with Crippen LogP contribution < -0.4 is 19.6 Å². The molecule has 1 aliphatic heterocycles. The Balaban J connectivity index is 1.72. The van der Waals surface area contributed by atoms with Crippen LogP contribution in [0.3, 0.4) is 0 Å². The number of carbonyl (C=O) groups excluding carboxylic acids is 1. The van der Waals surface area contributed by atoms with Gasteiger partial charge in [-0.05, 0) is 37.3 Å². The SMILES string of the molecule is COc1cccc(/C(C)=N/NC(=O)c2ccc3c(c2)OCO3)c1. The van der Waals surface area contributed by atoms with E-state index in [4.69, 9.17) is 14.2 Å². The summed E-state index contributed by atoms with van der Waals surface area (Å²) in [6.45, 7) is 1.99. The molecule has 118 valence electrons. The number of amides is 1. The monoisotopic (exact) mass is 312 g/mol. The van der Waals surface area contributed by atoms with Crippen molar-refractivity contribution in [3.63, 3.8) is 0 Å². The summed E-state index contributed by atoms with van der Waals surface area (Å²) >= 11 is 0. The maximum atomic E-state index is 12.2. The minimum Gasteiger partial charge on any atom is -0.497 e. The van der Waals surface area contributed by atoms with E-state index < -0.39 is 0 Å². The average molecular weight is 312 g/mol. The van der Waals surface area contributed by atoms with Gasteiger partial charge < -0.3 is 14.2 Å². The molecule has 1 N–H and O–H groups in total. The number of hydrogen-bond donors (Lipinski definition) is 1. The van der Waals surface area contributed by atoms with Crippen LogP contribution in [0.25, 0.3) is 0 Å². The minimum absolute atomic E-state index is 0.174. The number of benzene rings is 2. The van der Waals surface area contributed by atoms with E-state index in [-0.39, 0.29) is 12.7 Å². The van der Waals surface area contributed by atoms with Crippen LogP contribution in [0.4, 0.5) is 0 Å². The fourth-order valence-corrected chi connectivity index (χ4v) is 2.15. The molecule has 0 atom stereocenters. The zero-order valence-electron chi connectivity index (χ0n) is 12.8. The molecule has 6 heteroatoms. The first-order valence-corrected chi connectivity index (χ1v) is 7.06. The Morgan fingerprint density at radius 1 is 1.13 bits per heavy atom. The van der Waals surface area contributed by atoms with Crippen molar-refractivity contribution in [1.29, 1.82) is 0 Å². The van der Waals surface area contributed by atoms with E-state index in [0.29, 0.717) is 22.8 Å². The van der Waals surface area contributed by atoms with Gasteiger partial charge >= 0.3 is 0 Å². The minimum atomic E-state index is -0.314. The first kappa shape index (κ1) is 14.9. The lowest BCUT2D eigenvalue weighted by Gasteiger charge is -2.05. The molecule has 0 radical (unpaired) electrons. The number of nitrogens with zero attached hydrogens (tertiary/aromatic N) is 1. The van der Waals surface area contributed by atoms with Crippen LogP contribution in [0.1, 0.15) is 22.8 Å². The van der Waals surface area contributed by atoms with Crippen molar-refractivity contribution < 1.29 is 19.0 Å². The van der Waals surface area contributed by atoms with Gasteiger partial charge in [-0.15, -0.1) is 0 Å². The summed E-state index contributed by atoms with van der Waals surface area (Å²) < 4.78 is 15.6. The summed E-state index contributed by atoms with van der Waals surface area (Å²) in [5, 5.41) is 4.13. The molecule has 1 amide bonds. The molecule has 2 aromatic rings. The lowest BCUT2D eigenvalue weighted by Crippen LogP contribution is -2.19. The Kier molecular flexibility index (Phi) is 4.14. The van der Waals surface area contributed by atoms with Crippen molar-refractivity contribution in [3.05, 3.63) is 53.6 Å². The second kappa shape index (κ2) is 6.39. The quantitative estimate of drug-likeness (QED) is 0.696. The summed E-state index contributed by atoms with van der Waals surface area (Å²) in [5.74, 6) is 1.62. The van der Waals surface area contributed by atoms with Gasteiger partial charge in [0.25, 0.3) is 5.91 Å². The Bertz CT molecular complexity index is 771. The Morgan fingerprint density at radius 3 is 2.78 bits per heavy atom. The molecule has 23 heavy (non-hydrogen) atoms. The summed E-state index contributed by atoms with van der Waals surface area (Å²) in [6, 6.07) is 12.5. The van der Waals surface area contributed by atoms with Crippen LogP contribution in [0.5, 0.6) is 17.2 Å². The second-order valence-corrected chi connectivity index (χ2v) is 4.94. The fraction of sp³-hybridized carbons (Fsp3) is 0.176. The number of fused-ring (bicyclic) bond motifs is 1.